The number of aromatic nitrogens is 1. The van der Waals surface area contributed by atoms with E-state index in [2.05, 4.69) is 10.3 Å². The van der Waals surface area contributed by atoms with Crippen molar-refractivity contribution in [2.24, 2.45) is 5.73 Å². The fraction of sp³-hybridized carbons (Fsp3) is 0.200. The van der Waals surface area contributed by atoms with Gasteiger partial charge in [-0.1, -0.05) is 30.3 Å². The van der Waals surface area contributed by atoms with Crippen LogP contribution in [0, 0.1) is 0 Å². The van der Waals surface area contributed by atoms with Gasteiger partial charge in [-0.15, -0.1) is 0 Å². The highest BCUT2D eigenvalue weighted by Crippen LogP contribution is 2.04. The number of pyridine rings is 1. The molecule has 4 nitrogen and oxygen atoms in total. The summed E-state index contributed by atoms with van der Waals surface area (Å²) in [6, 6.07) is 11.6. The number of nitrogens with zero attached hydrogens (tertiary/aromatic N) is 1. The smallest absolute Gasteiger partial charge is 0.224 e. The van der Waals surface area contributed by atoms with Crippen LogP contribution in [0.25, 0.3) is 0 Å². The van der Waals surface area contributed by atoms with Crippen molar-refractivity contribution in [3.63, 3.8) is 0 Å². The minimum absolute atomic E-state index is 0.00380. The molecule has 2 rings (SSSR count). The molecule has 0 atom stereocenters. The lowest BCUT2D eigenvalue weighted by atomic mass is 10.1. The van der Waals surface area contributed by atoms with Gasteiger partial charge in [0.05, 0.1) is 6.42 Å². The number of carbonyl (C=O) groups excluding carboxylic acids is 1. The van der Waals surface area contributed by atoms with Gasteiger partial charge in [0.2, 0.25) is 5.91 Å². The number of hydrogen-bond donors (Lipinski definition) is 2. The van der Waals surface area contributed by atoms with Gasteiger partial charge in [0.1, 0.15) is 0 Å². The summed E-state index contributed by atoms with van der Waals surface area (Å²) in [5.74, 6) is -0.00380. The lowest BCUT2D eigenvalue weighted by molar-refractivity contribution is -0.120. The number of benzene rings is 1. The number of hydrogen-bond acceptors (Lipinski definition) is 3. The monoisotopic (exact) mass is 255 g/mol. The van der Waals surface area contributed by atoms with Crippen LogP contribution in [-0.4, -0.2) is 10.9 Å². The number of carbonyl (C=O) groups is 1. The molecule has 19 heavy (non-hydrogen) atoms. The molecule has 4 heteroatoms. The van der Waals surface area contributed by atoms with Crippen LogP contribution in [0.3, 0.4) is 0 Å². The first-order valence-electron chi connectivity index (χ1n) is 6.21. The fourth-order valence-electron chi connectivity index (χ4n) is 1.74. The molecule has 0 aliphatic carbocycles. The SMILES string of the molecule is NCc1ccc(CNC(=O)Cc2cccnc2)cc1. The second-order valence-electron chi connectivity index (χ2n) is 4.34. The second-order valence-corrected chi connectivity index (χ2v) is 4.34. The Labute approximate surface area is 112 Å². The lowest BCUT2D eigenvalue weighted by Crippen LogP contribution is -2.24. The maximum Gasteiger partial charge on any atom is 0.224 e. The van der Waals surface area contributed by atoms with E-state index in [1.165, 1.54) is 0 Å². The minimum atomic E-state index is -0.00380. The molecule has 1 heterocycles. The third-order valence-electron chi connectivity index (χ3n) is 2.84. The van der Waals surface area contributed by atoms with Gasteiger partial charge in [-0.2, -0.15) is 0 Å². The van der Waals surface area contributed by atoms with Crippen LogP contribution in [0.5, 0.6) is 0 Å². The molecule has 1 aromatic carbocycles. The summed E-state index contributed by atoms with van der Waals surface area (Å²) in [4.78, 5) is 15.7. The predicted octanol–water partition coefficient (Wildman–Crippen LogP) is 1.40. The van der Waals surface area contributed by atoms with E-state index in [-0.39, 0.29) is 5.91 Å². The summed E-state index contributed by atoms with van der Waals surface area (Å²) in [5.41, 5.74) is 8.60. The van der Waals surface area contributed by atoms with Gasteiger partial charge in [-0.25, -0.2) is 0 Å². The van der Waals surface area contributed by atoms with Crippen LogP contribution in [0.1, 0.15) is 16.7 Å². The van der Waals surface area contributed by atoms with Crippen LogP contribution in [0.4, 0.5) is 0 Å². The predicted molar refractivity (Wildman–Crippen MR) is 74.1 cm³/mol. The first kappa shape index (κ1) is 13.2. The topological polar surface area (TPSA) is 68.0 Å². The molecule has 2 aromatic rings. The Hall–Kier alpha value is -2.20. The van der Waals surface area contributed by atoms with E-state index in [0.29, 0.717) is 19.5 Å². The van der Waals surface area contributed by atoms with E-state index < -0.39 is 0 Å². The van der Waals surface area contributed by atoms with Crippen molar-refractivity contribution < 1.29 is 4.79 Å². The van der Waals surface area contributed by atoms with Crippen molar-refractivity contribution in [2.45, 2.75) is 19.5 Å². The van der Waals surface area contributed by atoms with Gasteiger partial charge in [-0.05, 0) is 22.8 Å². The zero-order valence-electron chi connectivity index (χ0n) is 10.7. The summed E-state index contributed by atoms with van der Waals surface area (Å²) in [6.45, 7) is 1.07. The van der Waals surface area contributed by atoms with Crippen molar-refractivity contribution in [1.82, 2.24) is 10.3 Å². The molecular formula is C15H17N3O. The zero-order valence-corrected chi connectivity index (χ0v) is 10.7. The van der Waals surface area contributed by atoms with Gasteiger partial charge in [-0.3, -0.25) is 9.78 Å². The first-order chi connectivity index (χ1) is 9.28. The normalized spacial score (nSPS) is 10.2. The second kappa shape index (κ2) is 6.66. The molecule has 98 valence electrons. The van der Waals surface area contributed by atoms with E-state index in [1.807, 2.05) is 36.4 Å². The number of amides is 1. The van der Waals surface area contributed by atoms with E-state index in [9.17, 15) is 4.79 Å². The molecule has 0 aliphatic heterocycles. The molecule has 0 bridgehead atoms. The van der Waals surface area contributed by atoms with Gasteiger partial charge >= 0.3 is 0 Å². The maximum absolute atomic E-state index is 11.7. The van der Waals surface area contributed by atoms with Crippen LogP contribution in [-0.2, 0) is 24.3 Å². The van der Waals surface area contributed by atoms with Crippen LogP contribution in [0.15, 0.2) is 48.8 Å². The molecule has 0 fully saturated rings. The molecule has 0 saturated heterocycles. The van der Waals surface area contributed by atoms with Gasteiger partial charge in [0, 0.05) is 25.5 Å². The van der Waals surface area contributed by atoms with Crippen molar-refractivity contribution in [1.29, 1.82) is 0 Å². The molecule has 3 N–H and O–H groups in total. The molecule has 0 radical (unpaired) electrons. The Morgan fingerprint density at radius 3 is 2.47 bits per heavy atom. The highest BCUT2D eigenvalue weighted by molar-refractivity contribution is 5.78. The highest BCUT2D eigenvalue weighted by Gasteiger charge is 2.03. The van der Waals surface area contributed by atoms with Gasteiger partial charge in [0.15, 0.2) is 0 Å². The van der Waals surface area contributed by atoms with E-state index in [1.54, 1.807) is 12.4 Å². The number of rotatable bonds is 5. The van der Waals surface area contributed by atoms with Crippen LogP contribution in [0.2, 0.25) is 0 Å². The standard InChI is InChI=1S/C15H17N3O/c16-9-12-3-5-13(6-4-12)11-18-15(19)8-14-2-1-7-17-10-14/h1-7,10H,8-9,11,16H2,(H,18,19). The summed E-state index contributed by atoms with van der Waals surface area (Å²) in [7, 11) is 0. The van der Waals surface area contributed by atoms with Crippen LogP contribution < -0.4 is 11.1 Å². The molecule has 1 amide bonds. The molecule has 1 aromatic heterocycles. The molecule has 0 aliphatic rings. The minimum Gasteiger partial charge on any atom is -0.352 e. The van der Waals surface area contributed by atoms with Crippen molar-refractivity contribution in [3.8, 4) is 0 Å². The molecule has 0 spiro atoms. The Morgan fingerprint density at radius 2 is 1.84 bits per heavy atom. The third kappa shape index (κ3) is 4.19. The average Bonchev–Trinajstić information content (AvgIpc) is 2.47. The van der Waals surface area contributed by atoms with Crippen molar-refractivity contribution >= 4 is 5.91 Å². The first-order valence-corrected chi connectivity index (χ1v) is 6.21. The van der Waals surface area contributed by atoms with Crippen molar-refractivity contribution in [3.05, 3.63) is 65.5 Å². The largest absolute Gasteiger partial charge is 0.352 e. The highest BCUT2D eigenvalue weighted by atomic mass is 16.1. The number of nitrogens with one attached hydrogen (secondary N) is 1. The quantitative estimate of drug-likeness (QED) is 0.848. The Balaban J connectivity index is 1.83. The summed E-state index contributed by atoms with van der Waals surface area (Å²) in [5, 5.41) is 2.89. The summed E-state index contributed by atoms with van der Waals surface area (Å²) >= 11 is 0. The average molecular weight is 255 g/mol. The molecule has 0 unspecified atom stereocenters. The third-order valence-corrected chi connectivity index (χ3v) is 2.84. The van der Waals surface area contributed by atoms with Crippen LogP contribution >= 0.6 is 0 Å². The number of nitrogens with two attached hydrogens (primary N) is 1. The van der Waals surface area contributed by atoms with E-state index >= 15 is 0 Å². The molecular weight excluding hydrogens is 238 g/mol. The molecule has 0 saturated carbocycles. The maximum atomic E-state index is 11.7. The van der Waals surface area contributed by atoms with Crippen molar-refractivity contribution in [2.75, 3.05) is 0 Å². The zero-order chi connectivity index (χ0) is 13.5. The van der Waals surface area contributed by atoms with Gasteiger partial charge < -0.3 is 11.1 Å². The lowest BCUT2D eigenvalue weighted by Gasteiger charge is -2.06. The van der Waals surface area contributed by atoms with Gasteiger partial charge in [0.25, 0.3) is 0 Å². The van der Waals surface area contributed by atoms with E-state index in [4.69, 9.17) is 5.73 Å². The Bertz CT molecular complexity index is 523. The Kier molecular flexibility index (Phi) is 4.64. The summed E-state index contributed by atoms with van der Waals surface area (Å²) in [6.07, 6.45) is 3.75. The van der Waals surface area contributed by atoms with E-state index in [0.717, 1.165) is 16.7 Å². The Morgan fingerprint density at radius 1 is 1.11 bits per heavy atom. The summed E-state index contributed by atoms with van der Waals surface area (Å²) < 4.78 is 0. The fourth-order valence-corrected chi connectivity index (χ4v) is 1.74.